The van der Waals surface area contributed by atoms with Gasteiger partial charge < -0.3 is 20.1 Å². The Morgan fingerprint density at radius 3 is 2.42 bits per heavy atom. The third kappa shape index (κ3) is 3.01. The van der Waals surface area contributed by atoms with Gasteiger partial charge in [-0.1, -0.05) is 43.3 Å². The normalized spacial score (nSPS) is 22.5. The minimum Gasteiger partial charge on any atom is -0.497 e. The van der Waals surface area contributed by atoms with Crippen LogP contribution in [0, 0.1) is 5.92 Å². The molecule has 5 rings (SSSR count). The number of benzene rings is 3. The molecule has 2 aliphatic rings. The third-order valence-corrected chi connectivity index (χ3v) is 6.94. The Kier molecular flexibility index (Phi) is 5.08. The van der Waals surface area contributed by atoms with Crippen LogP contribution in [0.3, 0.4) is 0 Å². The van der Waals surface area contributed by atoms with Crippen LogP contribution in [0.4, 0.5) is 0 Å². The van der Waals surface area contributed by atoms with Crippen LogP contribution in [-0.2, 0) is 5.54 Å². The minimum atomic E-state index is -0.797. The first kappa shape index (κ1) is 21.1. The summed E-state index contributed by atoms with van der Waals surface area (Å²) in [5.74, 6) is 0.836. The maximum Gasteiger partial charge on any atom is 0.252 e. The molecule has 3 aromatic rings. The number of carbonyl (C=O) groups is 2. The molecule has 0 bridgehead atoms. The molecule has 0 radical (unpaired) electrons. The van der Waals surface area contributed by atoms with Gasteiger partial charge in [0.05, 0.1) is 25.8 Å². The van der Waals surface area contributed by atoms with E-state index < -0.39 is 5.54 Å². The summed E-state index contributed by atoms with van der Waals surface area (Å²) in [6.07, 6.45) is 0.717. The second-order valence-electron chi connectivity index (χ2n) is 8.43. The van der Waals surface area contributed by atoms with Gasteiger partial charge in [0.2, 0.25) is 0 Å². The molecule has 0 aromatic heterocycles. The van der Waals surface area contributed by atoms with Gasteiger partial charge in [-0.2, -0.15) is 0 Å². The van der Waals surface area contributed by atoms with Crippen molar-refractivity contribution in [2.45, 2.75) is 24.9 Å². The topological polar surface area (TPSA) is 76.7 Å². The molecule has 0 unspecified atom stereocenters. The Balaban J connectivity index is 1.74. The minimum absolute atomic E-state index is 0.119. The van der Waals surface area contributed by atoms with E-state index in [9.17, 15) is 9.59 Å². The van der Waals surface area contributed by atoms with Crippen LogP contribution in [0.15, 0.2) is 66.7 Å². The molecule has 1 aliphatic heterocycles. The summed E-state index contributed by atoms with van der Waals surface area (Å²) in [7, 11) is 3.22. The smallest absolute Gasteiger partial charge is 0.252 e. The monoisotopic (exact) mass is 442 g/mol. The van der Waals surface area contributed by atoms with E-state index in [1.165, 1.54) is 0 Å². The quantitative estimate of drug-likeness (QED) is 0.621. The molecule has 33 heavy (non-hydrogen) atoms. The zero-order valence-corrected chi connectivity index (χ0v) is 18.8. The van der Waals surface area contributed by atoms with Crippen molar-refractivity contribution in [1.82, 2.24) is 10.6 Å². The van der Waals surface area contributed by atoms with Crippen LogP contribution in [0.2, 0.25) is 0 Å². The summed E-state index contributed by atoms with van der Waals surface area (Å²) in [6, 6.07) is 20.2. The molecule has 3 aromatic carbocycles. The highest BCUT2D eigenvalue weighted by atomic mass is 16.5. The Morgan fingerprint density at radius 1 is 1.00 bits per heavy atom. The van der Waals surface area contributed by atoms with E-state index in [1.54, 1.807) is 26.4 Å². The maximum absolute atomic E-state index is 13.2. The van der Waals surface area contributed by atoms with Crippen molar-refractivity contribution >= 4 is 11.8 Å². The van der Waals surface area contributed by atoms with Gasteiger partial charge in [0.25, 0.3) is 11.8 Å². The molecule has 0 fully saturated rings. The number of carbonyl (C=O) groups excluding carboxylic acids is 2. The first-order valence-electron chi connectivity index (χ1n) is 11.1. The third-order valence-electron chi connectivity index (χ3n) is 6.94. The highest BCUT2D eigenvalue weighted by molar-refractivity contribution is 6.01. The van der Waals surface area contributed by atoms with Crippen molar-refractivity contribution in [3.8, 4) is 11.5 Å². The fourth-order valence-corrected chi connectivity index (χ4v) is 5.56. The van der Waals surface area contributed by atoms with Crippen LogP contribution in [0.5, 0.6) is 11.5 Å². The Bertz CT molecular complexity index is 1240. The second kappa shape index (κ2) is 7.96. The van der Waals surface area contributed by atoms with Crippen LogP contribution in [0.25, 0.3) is 0 Å². The Labute approximate surface area is 192 Å². The van der Waals surface area contributed by atoms with Gasteiger partial charge in [0.15, 0.2) is 0 Å². The molecule has 1 aliphatic carbocycles. The largest absolute Gasteiger partial charge is 0.497 e. The summed E-state index contributed by atoms with van der Waals surface area (Å²) in [4.78, 5) is 26.3. The van der Waals surface area contributed by atoms with Crippen LogP contribution >= 0.6 is 0 Å². The van der Waals surface area contributed by atoms with Gasteiger partial charge in [-0.3, -0.25) is 9.59 Å². The second-order valence-corrected chi connectivity index (χ2v) is 8.43. The number of fused-ring (bicyclic) bond motifs is 4. The number of ether oxygens (including phenoxy) is 2. The lowest BCUT2D eigenvalue weighted by Gasteiger charge is -2.35. The van der Waals surface area contributed by atoms with Gasteiger partial charge in [0, 0.05) is 28.7 Å². The van der Waals surface area contributed by atoms with E-state index in [0.717, 1.165) is 16.7 Å². The average Bonchev–Trinajstić information content (AvgIpc) is 3.30. The summed E-state index contributed by atoms with van der Waals surface area (Å²) < 4.78 is 11.4. The molecule has 168 valence electrons. The predicted molar refractivity (Wildman–Crippen MR) is 125 cm³/mol. The zero-order chi connectivity index (χ0) is 23.2. The van der Waals surface area contributed by atoms with Crippen molar-refractivity contribution < 1.29 is 19.1 Å². The van der Waals surface area contributed by atoms with E-state index in [2.05, 4.69) is 17.6 Å². The summed E-state index contributed by atoms with van der Waals surface area (Å²) in [6.45, 7) is 2.08. The summed E-state index contributed by atoms with van der Waals surface area (Å²) >= 11 is 0. The van der Waals surface area contributed by atoms with Gasteiger partial charge in [-0.15, -0.1) is 0 Å². The van der Waals surface area contributed by atoms with Gasteiger partial charge in [-0.25, -0.2) is 0 Å². The SMILES string of the molecule is CC[C@@H]1[C@@H](NC(=O)c2ccccc2)c2c(OC)cc(OC)cc2[C@]12NC(=O)c1ccccc12. The Morgan fingerprint density at radius 2 is 1.73 bits per heavy atom. The van der Waals surface area contributed by atoms with Gasteiger partial charge >= 0.3 is 0 Å². The molecule has 1 spiro atoms. The highest BCUT2D eigenvalue weighted by Crippen LogP contribution is 2.58. The molecule has 2 N–H and O–H groups in total. The van der Waals surface area contributed by atoms with Crippen molar-refractivity contribution in [3.05, 3.63) is 94.5 Å². The average molecular weight is 443 g/mol. The lowest BCUT2D eigenvalue weighted by molar-refractivity contribution is 0.0885. The molecule has 1 heterocycles. The van der Waals surface area contributed by atoms with Crippen LogP contribution in [0.1, 0.15) is 56.8 Å². The molecule has 3 atom stereocenters. The number of rotatable bonds is 5. The van der Waals surface area contributed by atoms with E-state index in [-0.39, 0.29) is 23.8 Å². The number of nitrogens with one attached hydrogen (secondary N) is 2. The number of hydrogen-bond acceptors (Lipinski definition) is 4. The molecule has 0 saturated carbocycles. The van der Waals surface area contributed by atoms with E-state index in [0.29, 0.717) is 29.0 Å². The summed E-state index contributed by atoms with van der Waals surface area (Å²) in [5.41, 5.74) is 3.11. The first-order chi connectivity index (χ1) is 16.0. The van der Waals surface area contributed by atoms with Crippen molar-refractivity contribution in [2.24, 2.45) is 5.92 Å². The molecule has 6 heteroatoms. The predicted octanol–water partition coefficient (Wildman–Crippen LogP) is 4.20. The van der Waals surface area contributed by atoms with Crippen LogP contribution in [-0.4, -0.2) is 26.0 Å². The van der Waals surface area contributed by atoms with E-state index >= 15 is 0 Å². The standard InChI is InChI=1S/C27H26N2O4/c1-4-19-24(28-25(30)16-10-6-5-7-11-16)23-21(14-17(32-2)15-22(23)33-3)27(19)20-13-9-8-12-18(20)26(31)29-27/h5-15,19,24H,4H2,1-3H3,(H,28,30)(H,29,31)/t19-,24-,27+/m1/s1. The van der Waals surface area contributed by atoms with Gasteiger partial charge in [0.1, 0.15) is 11.5 Å². The van der Waals surface area contributed by atoms with Gasteiger partial charge in [-0.05, 0) is 41.8 Å². The molecular weight excluding hydrogens is 416 g/mol. The fraction of sp³-hybridized carbons (Fsp3) is 0.259. The lowest BCUT2D eigenvalue weighted by Crippen LogP contribution is -2.47. The molecule has 0 saturated heterocycles. The van der Waals surface area contributed by atoms with Crippen LogP contribution < -0.4 is 20.1 Å². The Hall–Kier alpha value is -3.80. The molecule has 2 amide bonds. The maximum atomic E-state index is 13.2. The summed E-state index contributed by atoms with van der Waals surface area (Å²) in [5, 5.41) is 6.55. The highest BCUT2D eigenvalue weighted by Gasteiger charge is 2.58. The van der Waals surface area contributed by atoms with Crippen molar-refractivity contribution in [1.29, 1.82) is 0 Å². The van der Waals surface area contributed by atoms with Crippen molar-refractivity contribution in [2.75, 3.05) is 14.2 Å². The van der Waals surface area contributed by atoms with E-state index in [4.69, 9.17) is 9.47 Å². The lowest BCUT2D eigenvalue weighted by atomic mass is 9.76. The van der Waals surface area contributed by atoms with E-state index in [1.807, 2.05) is 54.6 Å². The molecular formula is C27H26N2O4. The first-order valence-corrected chi connectivity index (χ1v) is 11.1. The zero-order valence-electron chi connectivity index (χ0n) is 18.8. The molecule has 6 nitrogen and oxygen atoms in total. The number of amides is 2. The number of hydrogen-bond donors (Lipinski definition) is 2. The number of methoxy groups -OCH3 is 2. The van der Waals surface area contributed by atoms with Crippen molar-refractivity contribution in [3.63, 3.8) is 0 Å². The fourth-order valence-electron chi connectivity index (χ4n) is 5.56.